The lowest BCUT2D eigenvalue weighted by Gasteiger charge is -2.30. The number of hydrogen-bond acceptors (Lipinski definition) is 2. The minimum atomic E-state index is 0.559. The Bertz CT molecular complexity index is 189. The first-order valence-corrected chi connectivity index (χ1v) is 6.06. The number of hydrogen-bond donors (Lipinski definition) is 1. The predicted molar refractivity (Wildman–Crippen MR) is 58.3 cm³/mol. The van der Waals surface area contributed by atoms with Gasteiger partial charge >= 0.3 is 0 Å². The average Bonchev–Trinajstić information content (AvgIpc) is 2.75. The summed E-state index contributed by atoms with van der Waals surface area (Å²) in [5, 5.41) is 3.58. The largest absolute Gasteiger partial charge is 0.381 e. The lowest BCUT2D eigenvalue weighted by atomic mass is 9.75. The summed E-state index contributed by atoms with van der Waals surface area (Å²) in [6.07, 6.45) is 5.39. The van der Waals surface area contributed by atoms with E-state index in [0.717, 1.165) is 31.7 Å². The molecule has 3 unspecified atom stereocenters. The Morgan fingerprint density at radius 1 is 1.43 bits per heavy atom. The highest BCUT2D eigenvalue weighted by Gasteiger charge is 2.42. The van der Waals surface area contributed by atoms with Crippen molar-refractivity contribution in [1.29, 1.82) is 0 Å². The van der Waals surface area contributed by atoms with E-state index in [0.29, 0.717) is 5.41 Å². The molecule has 2 aliphatic rings. The maximum absolute atomic E-state index is 5.51. The highest BCUT2D eigenvalue weighted by Crippen LogP contribution is 2.46. The molecule has 1 aliphatic heterocycles. The second-order valence-corrected chi connectivity index (χ2v) is 5.21. The van der Waals surface area contributed by atoms with Crippen molar-refractivity contribution < 1.29 is 4.74 Å². The van der Waals surface area contributed by atoms with Crippen LogP contribution in [0, 0.1) is 11.3 Å². The smallest absolute Gasteiger partial charge is 0.0500 e. The fourth-order valence-corrected chi connectivity index (χ4v) is 3.19. The number of rotatable bonds is 3. The highest BCUT2D eigenvalue weighted by atomic mass is 16.5. The Morgan fingerprint density at radius 2 is 2.29 bits per heavy atom. The second-order valence-electron chi connectivity index (χ2n) is 5.21. The molecule has 0 bridgehead atoms. The topological polar surface area (TPSA) is 21.3 Å². The van der Waals surface area contributed by atoms with Crippen LogP contribution in [0.4, 0.5) is 0 Å². The van der Waals surface area contributed by atoms with Gasteiger partial charge < -0.3 is 10.1 Å². The van der Waals surface area contributed by atoms with Crippen LogP contribution in [0.5, 0.6) is 0 Å². The van der Waals surface area contributed by atoms with Gasteiger partial charge in [-0.1, -0.05) is 13.8 Å². The molecule has 2 nitrogen and oxygen atoms in total. The van der Waals surface area contributed by atoms with Crippen molar-refractivity contribution in [2.45, 2.75) is 45.6 Å². The first kappa shape index (κ1) is 10.4. The van der Waals surface area contributed by atoms with Crippen LogP contribution in [-0.4, -0.2) is 25.8 Å². The van der Waals surface area contributed by atoms with Crippen LogP contribution in [0.15, 0.2) is 0 Å². The maximum Gasteiger partial charge on any atom is 0.0500 e. The molecule has 2 rings (SSSR count). The first-order chi connectivity index (χ1) is 6.74. The monoisotopic (exact) mass is 197 g/mol. The van der Waals surface area contributed by atoms with E-state index in [1.54, 1.807) is 0 Å². The van der Waals surface area contributed by atoms with Crippen molar-refractivity contribution >= 4 is 0 Å². The molecule has 14 heavy (non-hydrogen) atoms. The van der Waals surface area contributed by atoms with Gasteiger partial charge in [0.05, 0.1) is 0 Å². The molecule has 0 amide bonds. The molecule has 1 N–H and O–H groups in total. The van der Waals surface area contributed by atoms with Crippen LogP contribution in [0.25, 0.3) is 0 Å². The van der Waals surface area contributed by atoms with E-state index in [2.05, 4.69) is 19.2 Å². The fourth-order valence-electron chi connectivity index (χ4n) is 3.19. The molecular formula is C12H23NO. The van der Waals surface area contributed by atoms with Crippen molar-refractivity contribution in [2.24, 2.45) is 11.3 Å². The van der Waals surface area contributed by atoms with Gasteiger partial charge in [-0.15, -0.1) is 0 Å². The van der Waals surface area contributed by atoms with Gasteiger partial charge in [0.15, 0.2) is 0 Å². The minimum Gasteiger partial charge on any atom is -0.381 e. The van der Waals surface area contributed by atoms with Crippen molar-refractivity contribution in [3.05, 3.63) is 0 Å². The van der Waals surface area contributed by atoms with E-state index in [1.165, 1.54) is 25.7 Å². The first-order valence-electron chi connectivity index (χ1n) is 6.06. The van der Waals surface area contributed by atoms with Crippen LogP contribution in [0.1, 0.15) is 39.5 Å². The third-order valence-electron chi connectivity index (χ3n) is 4.18. The molecule has 2 heteroatoms. The van der Waals surface area contributed by atoms with E-state index in [-0.39, 0.29) is 0 Å². The van der Waals surface area contributed by atoms with Gasteiger partial charge in [0.25, 0.3) is 0 Å². The third kappa shape index (κ3) is 1.96. The Labute approximate surface area is 87.4 Å². The van der Waals surface area contributed by atoms with Crippen LogP contribution >= 0.6 is 0 Å². The zero-order valence-electron chi connectivity index (χ0n) is 9.51. The van der Waals surface area contributed by atoms with E-state index >= 15 is 0 Å². The van der Waals surface area contributed by atoms with E-state index < -0.39 is 0 Å². The molecule has 0 aromatic carbocycles. The zero-order chi connectivity index (χ0) is 10.0. The summed E-state index contributed by atoms with van der Waals surface area (Å²) < 4.78 is 5.51. The van der Waals surface area contributed by atoms with Crippen molar-refractivity contribution in [2.75, 3.05) is 19.8 Å². The predicted octanol–water partition coefficient (Wildman–Crippen LogP) is 2.19. The number of nitrogens with one attached hydrogen (secondary N) is 1. The molecule has 1 aliphatic carbocycles. The van der Waals surface area contributed by atoms with Crippen molar-refractivity contribution in [3.63, 3.8) is 0 Å². The normalized spacial score (nSPS) is 43.3. The molecular weight excluding hydrogens is 174 g/mol. The Balaban J connectivity index is 1.90. The van der Waals surface area contributed by atoms with Crippen LogP contribution in [-0.2, 0) is 4.74 Å². The van der Waals surface area contributed by atoms with Gasteiger partial charge in [0.2, 0.25) is 0 Å². The SMILES string of the molecule is CCNC1CCC(C)(C2CCOC2)C1. The molecule has 0 spiro atoms. The lowest BCUT2D eigenvalue weighted by Crippen LogP contribution is -2.30. The van der Waals surface area contributed by atoms with Gasteiger partial charge in [-0.3, -0.25) is 0 Å². The van der Waals surface area contributed by atoms with Crippen molar-refractivity contribution in [1.82, 2.24) is 5.32 Å². The Morgan fingerprint density at radius 3 is 2.93 bits per heavy atom. The van der Waals surface area contributed by atoms with Gasteiger partial charge in [0.1, 0.15) is 0 Å². The molecule has 0 radical (unpaired) electrons. The molecule has 1 saturated carbocycles. The number of ether oxygens (including phenoxy) is 1. The molecule has 3 atom stereocenters. The van der Waals surface area contributed by atoms with Gasteiger partial charge in [-0.2, -0.15) is 0 Å². The summed E-state index contributed by atoms with van der Waals surface area (Å²) in [6.45, 7) is 7.78. The maximum atomic E-state index is 5.51. The fraction of sp³-hybridized carbons (Fsp3) is 1.00. The summed E-state index contributed by atoms with van der Waals surface area (Å²) in [6, 6.07) is 0.769. The Hall–Kier alpha value is -0.0800. The van der Waals surface area contributed by atoms with E-state index in [4.69, 9.17) is 4.74 Å². The lowest BCUT2D eigenvalue weighted by molar-refractivity contribution is 0.133. The molecule has 1 heterocycles. The van der Waals surface area contributed by atoms with Gasteiger partial charge in [0, 0.05) is 19.3 Å². The van der Waals surface area contributed by atoms with Crippen molar-refractivity contribution in [3.8, 4) is 0 Å². The van der Waals surface area contributed by atoms with Crippen LogP contribution < -0.4 is 5.32 Å². The molecule has 82 valence electrons. The minimum absolute atomic E-state index is 0.559. The molecule has 0 aromatic rings. The summed E-state index contributed by atoms with van der Waals surface area (Å²) >= 11 is 0. The van der Waals surface area contributed by atoms with Gasteiger partial charge in [-0.25, -0.2) is 0 Å². The summed E-state index contributed by atoms with van der Waals surface area (Å²) in [7, 11) is 0. The summed E-state index contributed by atoms with van der Waals surface area (Å²) in [4.78, 5) is 0. The quantitative estimate of drug-likeness (QED) is 0.749. The van der Waals surface area contributed by atoms with Crippen LogP contribution in [0.2, 0.25) is 0 Å². The molecule has 1 saturated heterocycles. The Kier molecular flexibility index (Phi) is 3.13. The zero-order valence-corrected chi connectivity index (χ0v) is 9.51. The van der Waals surface area contributed by atoms with Gasteiger partial charge in [-0.05, 0) is 43.6 Å². The van der Waals surface area contributed by atoms with E-state index in [9.17, 15) is 0 Å². The van der Waals surface area contributed by atoms with E-state index in [1.807, 2.05) is 0 Å². The molecule has 0 aromatic heterocycles. The summed E-state index contributed by atoms with van der Waals surface area (Å²) in [5.41, 5.74) is 0.559. The average molecular weight is 197 g/mol. The third-order valence-corrected chi connectivity index (χ3v) is 4.18. The summed E-state index contributed by atoms with van der Waals surface area (Å²) in [5.74, 6) is 0.825. The second kappa shape index (κ2) is 4.19. The van der Waals surface area contributed by atoms with Crippen LogP contribution in [0.3, 0.4) is 0 Å². The standard InChI is InChI=1S/C12H23NO/c1-3-13-11-4-6-12(2,8-11)10-5-7-14-9-10/h10-11,13H,3-9H2,1-2H3. The molecule has 2 fully saturated rings. The highest BCUT2D eigenvalue weighted by molar-refractivity contribution is 4.94.